The van der Waals surface area contributed by atoms with Crippen molar-refractivity contribution in [2.45, 2.75) is 38.3 Å². The first kappa shape index (κ1) is 12.8. The normalized spacial score (nSPS) is 19.4. The molecule has 1 N–H and O–H groups in total. The Hall–Kier alpha value is -1.19. The minimum Gasteiger partial charge on any atom is -0.307 e. The highest BCUT2D eigenvalue weighted by Crippen LogP contribution is 2.32. The maximum atomic E-state index is 13.2. The lowest BCUT2D eigenvalue weighted by atomic mass is 10.1. The molecule has 0 radical (unpaired) electrons. The first-order valence-electron chi connectivity index (χ1n) is 6.78. The van der Waals surface area contributed by atoms with Gasteiger partial charge in [-0.05, 0) is 71.8 Å². The van der Waals surface area contributed by atoms with Crippen LogP contribution in [0, 0.1) is 5.82 Å². The van der Waals surface area contributed by atoms with E-state index in [1.54, 1.807) is 23.5 Å². The summed E-state index contributed by atoms with van der Waals surface area (Å²) in [5.74, 6) is -0.120. The van der Waals surface area contributed by atoms with E-state index in [-0.39, 0.29) is 5.82 Å². The number of rotatable bonds is 4. The quantitative estimate of drug-likeness (QED) is 0.886. The molecule has 3 heteroatoms. The number of thiophene rings is 1. The van der Waals surface area contributed by atoms with E-state index in [9.17, 15) is 4.39 Å². The average Bonchev–Trinajstić information content (AvgIpc) is 2.99. The summed E-state index contributed by atoms with van der Waals surface area (Å²) in [6.45, 7) is 2.22. The number of hydrogen-bond acceptors (Lipinski definition) is 2. The second kappa shape index (κ2) is 5.43. The first-order chi connectivity index (χ1) is 9.22. The topological polar surface area (TPSA) is 12.0 Å². The van der Waals surface area contributed by atoms with Crippen LogP contribution < -0.4 is 5.32 Å². The fourth-order valence-corrected chi connectivity index (χ4v) is 3.61. The van der Waals surface area contributed by atoms with E-state index in [2.05, 4.69) is 29.1 Å². The summed E-state index contributed by atoms with van der Waals surface area (Å²) in [6, 6.07) is 8.19. The number of nitrogens with one attached hydrogen (secondary N) is 1. The predicted octanol–water partition coefficient (Wildman–Crippen LogP) is 4.10. The first-order valence-corrected chi connectivity index (χ1v) is 7.72. The molecule has 2 atom stereocenters. The molecule has 0 aliphatic heterocycles. The molecule has 1 aliphatic rings. The van der Waals surface area contributed by atoms with Gasteiger partial charge in [0.15, 0.2) is 0 Å². The lowest BCUT2D eigenvalue weighted by Gasteiger charge is -2.20. The molecule has 1 aromatic heterocycles. The van der Waals surface area contributed by atoms with Crippen molar-refractivity contribution in [3.63, 3.8) is 0 Å². The summed E-state index contributed by atoms with van der Waals surface area (Å²) in [5, 5.41) is 8.00. The van der Waals surface area contributed by atoms with Gasteiger partial charge >= 0.3 is 0 Å². The molecule has 3 rings (SSSR count). The summed E-state index contributed by atoms with van der Waals surface area (Å²) < 4.78 is 13.2. The molecule has 0 amide bonds. The molecule has 0 spiro atoms. The lowest BCUT2D eigenvalue weighted by molar-refractivity contribution is 0.451. The van der Waals surface area contributed by atoms with E-state index in [0.29, 0.717) is 12.1 Å². The van der Waals surface area contributed by atoms with Gasteiger partial charge in [0.25, 0.3) is 0 Å². The molecule has 0 saturated heterocycles. The molecule has 2 aromatic rings. The van der Waals surface area contributed by atoms with Crippen molar-refractivity contribution >= 4 is 11.3 Å². The van der Waals surface area contributed by atoms with Crippen LogP contribution in [-0.2, 0) is 12.8 Å². The number of benzene rings is 1. The van der Waals surface area contributed by atoms with Crippen LogP contribution in [0.4, 0.5) is 4.39 Å². The third-order valence-electron chi connectivity index (χ3n) is 3.79. The van der Waals surface area contributed by atoms with Gasteiger partial charge in [0.05, 0.1) is 0 Å². The Kier molecular flexibility index (Phi) is 3.67. The zero-order chi connectivity index (χ0) is 13.2. The minimum atomic E-state index is -0.120. The molecule has 1 aliphatic carbocycles. The molecule has 100 valence electrons. The van der Waals surface area contributed by atoms with Gasteiger partial charge in [0, 0.05) is 12.1 Å². The molecule has 1 nitrogen and oxygen atoms in total. The fraction of sp³-hybridized carbons (Fsp3) is 0.375. The number of fused-ring (bicyclic) bond motifs is 1. The third-order valence-corrected chi connectivity index (χ3v) is 4.52. The van der Waals surface area contributed by atoms with Crippen LogP contribution in [0.3, 0.4) is 0 Å². The van der Waals surface area contributed by atoms with Gasteiger partial charge in [-0.1, -0.05) is 6.07 Å². The highest BCUT2D eigenvalue weighted by atomic mass is 32.1. The maximum Gasteiger partial charge on any atom is 0.123 e. The van der Waals surface area contributed by atoms with Gasteiger partial charge in [-0.25, -0.2) is 4.39 Å². The van der Waals surface area contributed by atoms with Crippen molar-refractivity contribution in [2.24, 2.45) is 0 Å². The Morgan fingerprint density at radius 1 is 1.42 bits per heavy atom. The molecule has 19 heavy (non-hydrogen) atoms. The van der Waals surface area contributed by atoms with E-state index in [4.69, 9.17) is 0 Å². The molecule has 2 unspecified atom stereocenters. The maximum absolute atomic E-state index is 13.2. The van der Waals surface area contributed by atoms with E-state index >= 15 is 0 Å². The zero-order valence-electron chi connectivity index (χ0n) is 11.0. The molecular weight excluding hydrogens is 257 g/mol. The number of hydrogen-bond donors (Lipinski definition) is 1. The SMILES string of the molecule is CC(Cc1ccsc1)NC1CCc2cc(F)ccc21. The highest BCUT2D eigenvalue weighted by Gasteiger charge is 2.23. The van der Waals surface area contributed by atoms with Crippen molar-refractivity contribution in [1.82, 2.24) is 5.32 Å². The molecule has 1 aromatic carbocycles. The molecule has 0 bridgehead atoms. The summed E-state index contributed by atoms with van der Waals surface area (Å²) in [5.41, 5.74) is 3.83. The van der Waals surface area contributed by atoms with E-state index < -0.39 is 0 Å². The fourth-order valence-electron chi connectivity index (χ4n) is 2.92. The third kappa shape index (κ3) is 2.88. The van der Waals surface area contributed by atoms with Crippen molar-refractivity contribution < 1.29 is 4.39 Å². The van der Waals surface area contributed by atoms with Gasteiger partial charge in [-0.2, -0.15) is 11.3 Å². The van der Waals surface area contributed by atoms with Gasteiger partial charge in [-0.3, -0.25) is 0 Å². The van der Waals surface area contributed by atoms with Crippen LogP contribution in [0.15, 0.2) is 35.0 Å². The Morgan fingerprint density at radius 3 is 3.11 bits per heavy atom. The van der Waals surface area contributed by atoms with E-state index in [0.717, 1.165) is 19.3 Å². The Bertz CT molecular complexity index is 550. The van der Waals surface area contributed by atoms with Gasteiger partial charge < -0.3 is 5.32 Å². The summed E-state index contributed by atoms with van der Waals surface area (Å²) in [6.07, 6.45) is 3.11. The Labute approximate surface area is 117 Å². The number of halogens is 1. The average molecular weight is 275 g/mol. The van der Waals surface area contributed by atoms with Gasteiger partial charge in [0.1, 0.15) is 5.82 Å². The Balaban J connectivity index is 1.66. The van der Waals surface area contributed by atoms with Crippen molar-refractivity contribution in [3.05, 3.63) is 57.5 Å². The second-order valence-electron chi connectivity index (χ2n) is 5.34. The highest BCUT2D eigenvalue weighted by molar-refractivity contribution is 7.07. The van der Waals surface area contributed by atoms with Crippen LogP contribution >= 0.6 is 11.3 Å². The van der Waals surface area contributed by atoms with Crippen LogP contribution in [0.25, 0.3) is 0 Å². The molecule has 0 fully saturated rings. The largest absolute Gasteiger partial charge is 0.307 e. The molecule has 1 heterocycles. The predicted molar refractivity (Wildman–Crippen MR) is 78.1 cm³/mol. The van der Waals surface area contributed by atoms with Crippen LogP contribution in [0.5, 0.6) is 0 Å². The smallest absolute Gasteiger partial charge is 0.123 e. The standard InChI is InChI=1S/C16H18FNS/c1-11(8-12-6-7-19-10-12)18-16-5-2-13-9-14(17)3-4-15(13)16/h3-4,6-7,9-11,16,18H,2,5,8H2,1H3. The minimum absolute atomic E-state index is 0.120. The molecular formula is C16H18FNS. The van der Waals surface area contributed by atoms with Crippen molar-refractivity contribution in [2.75, 3.05) is 0 Å². The Morgan fingerprint density at radius 2 is 2.32 bits per heavy atom. The molecule has 0 saturated carbocycles. The van der Waals surface area contributed by atoms with Gasteiger partial charge in [0.2, 0.25) is 0 Å². The van der Waals surface area contributed by atoms with E-state index in [1.807, 2.05) is 6.07 Å². The van der Waals surface area contributed by atoms with Gasteiger partial charge in [-0.15, -0.1) is 0 Å². The van der Waals surface area contributed by atoms with Crippen LogP contribution in [-0.4, -0.2) is 6.04 Å². The second-order valence-corrected chi connectivity index (χ2v) is 6.12. The van der Waals surface area contributed by atoms with Crippen molar-refractivity contribution in [1.29, 1.82) is 0 Å². The summed E-state index contributed by atoms with van der Waals surface area (Å²) >= 11 is 1.75. The van der Waals surface area contributed by atoms with E-state index in [1.165, 1.54) is 16.7 Å². The van der Waals surface area contributed by atoms with Crippen LogP contribution in [0.1, 0.15) is 36.1 Å². The number of aryl methyl sites for hydroxylation is 1. The van der Waals surface area contributed by atoms with Crippen molar-refractivity contribution in [3.8, 4) is 0 Å². The van der Waals surface area contributed by atoms with Crippen LogP contribution in [0.2, 0.25) is 0 Å². The summed E-state index contributed by atoms with van der Waals surface area (Å²) in [7, 11) is 0. The summed E-state index contributed by atoms with van der Waals surface area (Å²) in [4.78, 5) is 0. The lowest BCUT2D eigenvalue weighted by Crippen LogP contribution is -2.31. The zero-order valence-corrected chi connectivity index (χ0v) is 11.8. The monoisotopic (exact) mass is 275 g/mol.